The maximum atomic E-state index is 12.1. The maximum absolute atomic E-state index is 12.1. The molecule has 0 aromatic carbocycles. The van der Waals surface area contributed by atoms with Crippen molar-refractivity contribution in [2.24, 2.45) is 0 Å². The fourth-order valence-corrected chi connectivity index (χ4v) is 3.39. The molecule has 3 rings (SSSR count). The number of nitrogens with zero attached hydrogens (tertiary/aromatic N) is 2. The van der Waals surface area contributed by atoms with Gasteiger partial charge < -0.3 is 5.32 Å². The van der Waals surface area contributed by atoms with E-state index in [1.165, 1.54) is 11.3 Å². The summed E-state index contributed by atoms with van der Waals surface area (Å²) in [6.07, 6.45) is 3.31. The molecule has 0 spiro atoms. The topological polar surface area (TPSA) is 54.9 Å². The Kier molecular flexibility index (Phi) is 4.08. The first-order valence-corrected chi connectivity index (χ1v) is 8.22. The van der Waals surface area contributed by atoms with Crippen molar-refractivity contribution < 1.29 is 4.79 Å². The van der Waals surface area contributed by atoms with Crippen molar-refractivity contribution in [3.8, 4) is 11.3 Å². The lowest BCUT2D eigenvalue weighted by Crippen LogP contribution is -2.23. The van der Waals surface area contributed by atoms with Gasteiger partial charge >= 0.3 is 0 Å². The number of hydrogen-bond donors (Lipinski definition) is 1. The molecule has 3 aromatic heterocycles. The van der Waals surface area contributed by atoms with Crippen molar-refractivity contribution in [3.63, 3.8) is 0 Å². The summed E-state index contributed by atoms with van der Waals surface area (Å²) in [7, 11) is 0. The van der Waals surface area contributed by atoms with Gasteiger partial charge in [0, 0.05) is 23.3 Å². The van der Waals surface area contributed by atoms with Crippen LogP contribution in [0.5, 0.6) is 0 Å². The molecule has 3 aromatic rings. The molecular weight excluding hydrogens is 302 g/mol. The van der Waals surface area contributed by atoms with E-state index < -0.39 is 0 Å². The number of rotatable bonds is 4. The van der Waals surface area contributed by atoms with E-state index in [0.29, 0.717) is 11.4 Å². The van der Waals surface area contributed by atoms with E-state index in [2.05, 4.69) is 15.3 Å². The Morgan fingerprint density at radius 3 is 2.86 bits per heavy atom. The second-order valence-electron chi connectivity index (χ2n) is 4.53. The fourth-order valence-electron chi connectivity index (χ4n) is 1.94. The molecule has 0 saturated carbocycles. The van der Waals surface area contributed by atoms with Crippen LogP contribution in [0.15, 0.2) is 40.7 Å². The van der Waals surface area contributed by atoms with Crippen LogP contribution in [0, 0.1) is 6.92 Å². The first-order chi connectivity index (χ1) is 10.2. The molecule has 21 heavy (non-hydrogen) atoms. The van der Waals surface area contributed by atoms with Gasteiger partial charge in [0.2, 0.25) is 0 Å². The van der Waals surface area contributed by atoms with Crippen molar-refractivity contribution in [1.82, 2.24) is 15.3 Å². The van der Waals surface area contributed by atoms with E-state index in [1.54, 1.807) is 23.7 Å². The van der Waals surface area contributed by atoms with Gasteiger partial charge in [-0.15, -0.1) is 11.3 Å². The van der Waals surface area contributed by atoms with E-state index in [4.69, 9.17) is 0 Å². The summed E-state index contributed by atoms with van der Waals surface area (Å²) in [5.41, 5.74) is 3.73. The molecule has 0 aliphatic rings. The summed E-state index contributed by atoms with van der Waals surface area (Å²) in [5, 5.41) is 8.90. The average molecular weight is 315 g/mol. The van der Waals surface area contributed by atoms with Crippen LogP contribution in [0.1, 0.15) is 20.9 Å². The number of carbonyl (C=O) groups is 1. The standard InChI is InChI=1S/C15H13N3OS2/c1-10-6-13(21-8-10)15(19)18-7-12-14(17-4-3-16-12)11-2-5-20-9-11/h2-6,8-9H,7H2,1H3,(H,18,19). The zero-order valence-electron chi connectivity index (χ0n) is 11.4. The Morgan fingerprint density at radius 1 is 1.29 bits per heavy atom. The highest BCUT2D eigenvalue weighted by molar-refractivity contribution is 7.12. The first kappa shape index (κ1) is 13.9. The number of carbonyl (C=O) groups excluding carboxylic acids is 1. The molecule has 4 nitrogen and oxygen atoms in total. The number of amides is 1. The van der Waals surface area contributed by atoms with Crippen molar-refractivity contribution in [1.29, 1.82) is 0 Å². The maximum Gasteiger partial charge on any atom is 0.261 e. The van der Waals surface area contributed by atoms with Gasteiger partial charge in [0.05, 0.1) is 22.8 Å². The summed E-state index contributed by atoms with van der Waals surface area (Å²) in [5.74, 6) is -0.0741. The van der Waals surface area contributed by atoms with Gasteiger partial charge in [0.25, 0.3) is 5.91 Å². The third-order valence-electron chi connectivity index (χ3n) is 2.94. The minimum Gasteiger partial charge on any atom is -0.346 e. The van der Waals surface area contributed by atoms with E-state index >= 15 is 0 Å². The van der Waals surface area contributed by atoms with E-state index in [9.17, 15) is 4.79 Å². The van der Waals surface area contributed by atoms with Gasteiger partial charge in [0.15, 0.2) is 0 Å². The monoisotopic (exact) mass is 315 g/mol. The molecule has 0 bridgehead atoms. The molecule has 0 atom stereocenters. The fraction of sp³-hybridized carbons (Fsp3) is 0.133. The van der Waals surface area contributed by atoms with Crippen molar-refractivity contribution >= 4 is 28.6 Å². The van der Waals surface area contributed by atoms with Gasteiger partial charge in [-0.1, -0.05) is 0 Å². The Bertz CT molecular complexity index is 750. The Morgan fingerprint density at radius 2 is 2.14 bits per heavy atom. The number of aryl methyl sites for hydroxylation is 1. The Balaban J connectivity index is 1.75. The molecule has 0 fully saturated rings. The number of thiophene rings is 2. The second kappa shape index (κ2) is 6.15. The first-order valence-electron chi connectivity index (χ1n) is 6.40. The lowest BCUT2D eigenvalue weighted by Gasteiger charge is -2.07. The molecule has 0 unspecified atom stereocenters. The normalized spacial score (nSPS) is 10.5. The van der Waals surface area contributed by atoms with Gasteiger partial charge in [-0.2, -0.15) is 11.3 Å². The molecule has 1 amide bonds. The van der Waals surface area contributed by atoms with E-state index in [-0.39, 0.29) is 5.91 Å². The van der Waals surface area contributed by atoms with Crippen molar-refractivity contribution in [2.75, 3.05) is 0 Å². The van der Waals surface area contributed by atoms with Gasteiger partial charge in [-0.25, -0.2) is 0 Å². The van der Waals surface area contributed by atoms with Crippen LogP contribution in [0.4, 0.5) is 0 Å². The van der Waals surface area contributed by atoms with Crippen LogP contribution in [0.2, 0.25) is 0 Å². The predicted molar refractivity (Wildman–Crippen MR) is 85.6 cm³/mol. The van der Waals surface area contributed by atoms with Crippen molar-refractivity contribution in [3.05, 3.63) is 56.8 Å². The van der Waals surface area contributed by atoms with Crippen molar-refractivity contribution in [2.45, 2.75) is 13.5 Å². The lowest BCUT2D eigenvalue weighted by molar-refractivity contribution is 0.0954. The summed E-state index contributed by atoms with van der Waals surface area (Å²) >= 11 is 3.06. The summed E-state index contributed by atoms with van der Waals surface area (Å²) in [4.78, 5) is 21.5. The molecule has 0 aliphatic carbocycles. The SMILES string of the molecule is Cc1csc(C(=O)NCc2nccnc2-c2ccsc2)c1. The van der Waals surface area contributed by atoms with Gasteiger partial charge in [0.1, 0.15) is 0 Å². The van der Waals surface area contributed by atoms with Gasteiger partial charge in [-0.05, 0) is 35.4 Å². The molecular formula is C15H13N3OS2. The molecule has 0 aliphatic heterocycles. The number of hydrogen-bond acceptors (Lipinski definition) is 5. The molecule has 3 heterocycles. The third-order valence-corrected chi connectivity index (χ3v) is 4.67. The van der Waals surface area contributed by atoms with Crippen LogP contribution >= 0.6 is 22.7 Å². The molecule has 0 saturated heterocycles. The average Bonchev–Trinajstić information content (AvgIpc) is 3.16. The predicted octanol–water partition coefficient (Wildman–Crippen LogP) is 3.51. The quantitative estimate of drug-likeness (QED) is 0.801. The zero-order valence-corrected chi connectivity index (χ0v) is 13.0. The highest BCUT2D eigenvalue weighted by atomic mass is 32.1. The van der Waals surface area contributed by atoms with Crippen LogP contribution in [-0.2, 0) is 6.54 Å². The minimum absolute atomic E-state index is 0.0741. The highest BCUT2D eigenvalue weighted by Gasteiger charge is 2.11. The molecule has 0 radical (unpaired) electrons. The molecule has 1 N–H and O–H groups in total. The van der Waals surface area contributed by atoms with Crippen LogP contribution in [-0.4, -0.2) is 15.9 Å². The van der Waals surface area contributed by atoms with E-state index in [0.717, 1.165) is 22.5 Å². The lowest BCUT2D eigenvalue weighted by atomic mass is 10.2. The second-order valence-corrected chi connectivity index (χ2v) is 6.23. The highest BCUT2D eigenvalue weighted by Crippen LogP contribution is 2.22. The Labute approximate surface area is 130 Å². The zero-order chi connectivity index (χ0) is 14.7. The minimum atomic E-state index is -0.0741. The number of nitrogens with one attached hydrogen (secondary N) is 1. The van der Waals surface area contributed by atoms with Crippen LogP contribution in [0.25, 0.3) is 11.3 Å². The number of aromatic nitrogens is 2. The summed E-state index contributed by atoms with van der Waals surface area (Å²) in [6.45, 7) is 2.35. The molecule has 6 heteroatoms. The van der Waals surface area contributed by atoms with Crippen LogP contribution < -0.4 is 5.32 Å². The van der Waals surface area contributed by atoms with E-state index in [1.807, 2.05) is 35.2 Å². The Hall–Kier alpha value is -2.05. The third kappa shape index (κ3) is 3.17. The van der Waals surface area contributed by atoms with Crippen LogP contribution in [0.3, 0.4) is 0 Å². The largest absolute Gasteiger partial charge is 0.346 e. The molecule has 106 valence electrons. The summed E-state index contributed by atoms with van der Waals surface area (Å²) in [6, 6.07) is 3.89. The summed E-state index contributed by atoms with van der Waals surface area (Å²) < 4.78 is 0. The van der Waals surface area contributed by atoms with Gasteiger partial charge in [-0.3, -0.25) is 14.8 Å². The smallest absolute Gasteiger partial charge is 0.261 e.